The minimum atomic E-state index is 0.121. The average Bonchev–Trinajstić information content (AvgIpc) is 3.12. The van der Waals surface area contributed by atoms with Crippen LogP contribution < -0.4 is 5.32 Å². The molecule has 1 N–H and O–H groups in total. The van der Waals surface area contributed by atoms with Crippen LogP contribution in [0.15, 0.2) is 18.2 Å². The molecule has 0 radical (unpaired) electrons. The number of nitrogens with zero attached hydrogens (tertiary/aromatic N) is 2. The van der Waals surface area contributed by atoms with Crippen LogP contribution in [0, 0.1) is 6.92 Å². The van der Waals surface area contributed by atoms with Gasteiger partial charge in [-0.15, -0.1) is 11.8 Å². The van der Waals surface area contributed by atoms with Gasteiger partial charge in [-0.1, -0.05) is 17.7 Å². The number of aryl methyl sites for hydroxylation is 2. The maximum Gasteiger partial charge on any atom is 0.129 e. The fraction of sp³-hybridized carbons (Fsp3) is 0.500. The molecule has 0 amide bonds. The van der Waals surface area contributed by atoms with Gasteiger partial charge in [0.1, 0.15) is 11.9 Å². The van der Waals surface area contributed by atoms with Crippen LogP contribution in [-0.2, 0) is 11.8 Å². The van der Waals surface area contributed by atoms with Crippen molar-refractivity contribution in [3.63, 3.8) is 0 Å². The number of anilines is 1. The number of halogens is 1. The van der Waals surface area contributed by atoms with E-state index in [2.05, 4.69) is 24.4 Å². The van der Waals surface area contributed by atoms with E-state index in [0.717, 1.165) is 48.3 Å². The second-order valence-corrected chi connectivity index (χ2v) is 8.10. The summed E-state index contributed by atoms with van der Waals surface area (Å²) in [5.74, 6) is 2.19. The SMILES string of the molecule is Cc1cc(Cl)ccc1C1SCCNc2c1c(C1CCCO1)nn2C. The summed E-state index contributed by atoms with van der Waals surface area (Å²) in [5, 5.41) is 9.45. The summed E-state index contributed by atoms with van der Waals surface area (Å²) in [5.41, 5.74) is 4.94. The summed E-state index contributed by atoms with van der Waals surface area (Å²) in [7, 11) is 2.02. The van der Waals surface area contributed by atoms with E-state index in [1.54, 1.807) is 0 Å². The Morgan fingerprint density at radius 3 is 3.04 bits per heavy atom. The monoisotopic (exact) mass is 363 g/mol. The molecule has 3 heterocycles. The first-order valence-electron chi connectivity index (χ1n) is 8.45. The number of hydrogen-bond acceptors (Lipinski definition) is 4. The van der Waals surface area contributed by atoms with Crippen LogP contribution in [0.25, 0.3) is 0 Å². The number of hydrogen-bond donors (Lipinski definition) is 1. The van der Waals surface area contributed by atoms with Gasteiger partial charge in [-0.05, 0) is 43.0 Å². The predicted molar refractivity (Wildman–Crippen MR) is 100 cm³/mol. The van der Waals surface area contributed by atoms with E-state index in [0.29, 0.717) is 0 Å². The maximum absolute atomic E-state index is 6.17. The number of nitrogens with one attached hydrogen (secondary N) is 1. The number of thioether (sulfide) groups is 1. The Morgan fingerprint density at radius 2 is 2.29 bits per heavy atom. The van der Waals surface area contributed by atoms with Crippen molar-refractivity contribution in [1.82, 2.24) is 9.78 Å². The summed E-state index contributed by atoms with van der Waals surface area (Å²) >= 11 is 8.14. The molecule has 4 rings (SSSR count). The molecule has 0 saturated carbocycles. The quantitative estimate of drug-likeness (QED) is 0.853. The van der Waals surface area contributed by atoms with Crippen molar-refractivity contribution in [1.29, 1.82) is 0 Å². The lowest BCUT2D eigenvalue weighted by atomic mass is 9.97. The van der Waals surface area contributed by atoms with E-state index < -0.39 is 0 Å². The number of fused-ring (bicyclic) bond motifs is 1. The largest absolute Gasteiger partial charge is 0.372 e. The molecular formula is C18H22ClN3OS. The van der Waals surface area contributed by atoms with E-state index in [-0.39, 0.29) is 11.4 Å². The van der Waals surface area contributed by atoms with Gasteiger partial charge in [-0.2, -0.15) is 5.10 Å². The van der Waals surface area contributed by atoms with Crippen molar-refractivity contribution in [2.75, 3.05) is 24.2 Å². The molecule has 1 aromatic heterocycles. The second-order valence-electron chi connectivity index (χ2n) is 6.45. The highest BCUT2D eigenvalue weighted by atomic mass is 35.5. The van der Waals surface area contributed by atoms with Gasteiger partial charge in [0, 0.05) is 36.5 Å². The van der Waals surface area contributed by atoms with Crippen molar-refractivity contribution in [3.8, 4) is 0 Å². The van der Waals surface area contributed by atoms with Crippen LogP contribution >= 0.6 is 23.4 Å². The highest BCUT2D eigenvalue weighted by Gasteiger charge is 2.33. The van der Waals surface area contributed by atoms with Gasteiger partial charge >= 0.3 is 0 Å². The Balaban J connectivity index is 1.85. The molecule has 1 aromatic carbocycles. The predicted octanol–water partition coefficient (Wildman–Crippen LogP) is 4.48. The van der Waals surface area contributed by atoms with Crippen molar-refractivity contribution in [2.24, 2.45) is 7.05 Å². The summed E-state index contributed by atoms with van der Waals surface area (Å²) < 4.78 is 7.94. The topological polar surface area (TPSA) is 39.1 Å². The van der Waals surface area contributed by atoms with Gasteiger partial charge < -0.3 is 10.1 Å². The van der Waals surface area contributed by atoms with Gasteiger partial charge in [0.2, 0.25) is 0 Å². The normalized spacial score (nSPS) is 23.6. The standard InChI is InChI=1S/C18H22ClN3OS/c1-11-10-12(19)5-6-13(11)17-15-16(14-4-3-8-23-14)21-22(2)18(15)20-7-9-24-17/h5-6,10,14,17,20H,3-4,7-9H2,1-2H3. The average molecular weight is 364 g/mol. The highest BCUT2D eigenvalue weighted by molar-refractivity contribution is 7.99. The second kappa shape index (κ2) is 6.62. The van der Waals surface area contributed by atoms with Crippen molar-refractivity contribution >= 4 is 29.2 Å². The van der Waals surface area contributed by atoms with Crippen LogP contribution in [0.3, 0.4) is 0 Å². The molecule has 1 fully saturated rings. The number of ether oxygens (including phenoxy) is 1. The Labute approximate surface area is 151 Å². The molecule has 24 heavy (non-hydrogen) atoms. The first-order chi connectivity index (χ1) is 11.6. The molecule has 0 spiro atoms. The number of benzene rings is 1. The molecule has 128 valence electrons. The first kappa shape index (κ1) is 16.3. The molecule has 0 bridgehead atoms. The van der Waals surface area contributed by atoms with Gasteiger partial charge in [-0.3, -0.25) is 4.68 Å². The maximum atomic E-state index is 6.17. The van der Waals surface area contributed by atoms with Gasteiger partial charge in [0.15, 0.2) is 0 Å². The fourth-order valence-electron chi connectivity index (χ4n) is 3.67. The third-order valence-corrected chi connectivity index (χ3v) is 6.30. The zero-order valence-electron chi connectivity index (χ0n) is 14.0. The number of rotatable bonds is 2. The van der Waals surface area contributed by atoms with E-state index in [4.69, 9.17) is 21.4 Å². The molecule has 2 unspecified atom stereocenters. The third-order valence-electron chi connectivity index (χ3n) is 4.80. The third kappa shape index (κ3) is 2.83. The minimum absolute atomic E-state index is 0.121. The molecule has 2 atom stereocenters. The Morgan fingerprint density at radius 1 is 1.42 bits per heavy atom. The smallest absolute Gasteiger partial charge is 0.129 e. The summed E-state index contributed by atoms with van der Waals surface area (Å²) in [6, 6.07) is 6.21. The lowest BCUT2D eigenvalue weighted by molar-refractivity contribution is 0.107. The Hall–Kier alpha value is -1.17. The minimum Gasteiger partial charge on any atom is -0.372 e. The summed E-state index contributed by atoms with van der Waals surface area (Å²) in [4.78, 5) is 0. The Bertz CT molecular complexity index is 755. The first-order valence-corrected chi connectivity index (χ1v) is 9.87. The molecule has 0 aliphatic carbocycles. The molecule has 2 aliphatic rings. The van der Waals surface area contributed by atoms with Crippen LogP contribution in [0.4, 0.5) is 5.82 Å². The van der Waals surface area contributed by atoms with E-state index in [1.165, 1.54) is 16.7 Å². The number of aromatic nitrogens is 2. The van der Waals surface area contributed by atoms with Gasteiger partial charge in [-0.25, -0.2) is 0 Å². The van der Waals surface area contributed by atoms with Crippen LogP contribution in [0.5, 0.6) is 0 Å². The lowest BCUT2D eigenvalue weighted by Gasteiger charge is -2.20. The van der Waals surface area contributed by atoms with Crippen molar-refractivity contribution < 1.29 is 4.74 Å². The molecule has 4 nitrogen and oxygen atoms in total. The van der Waals surface area contributed by atoms with Crippen molar-refractivity contribution in [3.05, 3.63) is 45.6 Å². The molecule has 2 aromatic rings. The zero-order chi connectivity index (χ0) is 16.7. The van der Waals surface area contributed by atoms with E-state index in [9.17, 15) is 0 Å². The van der Waals surface area contributed by atoms with Crippen LogP contribution in [-0.4, -0.2) is 28.7 Å². The molecule has 1 saturated heterocycles. The summed E-state index contributed by atoms with van der Waals surface area (Å²) in [6.45, 7) is 3.93. The molecule has 6 heteroatoms. The van der Waals surface area contributed by atoms with Gasteiger partial charge in [0.05, 0.1) is 10.9 Å². The molecular weight excluding hydrogens is 342 g/mol. The van der Waals surface area contributed by atoms with Crippen molar-refractivity contribution in [2.45, 2.75) is 31.1 Å². The van der Waals surface area contributed by atoms with E-state index >= 15 is 0 Å². The van der Waals surface area contributed by atoms with E-state index in [1.807, 2.05) is 29.6 Å². The Kier molecular flexibility index (Phi) is 4.50. The van der Waals surface area contributed by atoms with Crippen LogP contribution in [0.2, 0.25) is 5.02 Å². The van der Waals surface area contributed by atoms with Gasteiger partial charge in [0.25, 0.3) is 0 Å². The fourth-order valence-corrected chi connectivity index (χ4v) is 5.19. The highest BCUT2D eigenvalue weighted by Crippen LogP contribution is 2.47. The zero-order valence-corrected chi connectivity index (χ0v) is 15.6. The summed E-state index contributed by atoms with van der Waals surface area (Å²) in [6.07, 6.45) is 2.29. The molecule has 2 aliphatic heterocycles. The lowest BCUT2D eigenvalue weighted by Crippen LogP contribution is -2.06. The van der Waals surface area contributed by atoms with Crippen LogP contribution in [0.1, 0.15) is 46.6 Å².